The van der Waals surface area contributed by atoms with Gasteiger partial charge in [0.1, 0.15) is 0 Å². The van der Waals surface area contributed by atoms with Gasteiger partial charge in [-0.15, -0.1) is 0 Å². The number of rotatable bonds is 4. The van der Waals surface area contributed by atoms with E-state index in [2.05, 4.69) is 33.0 Å². The van der Waals surface area contributed by atoms with Crippen molar-refractivity contribution in [2.75, 3.05) is 10.6 Å². The smallest absolute Gasteiger partial charge is 0.175 e. The van der Waals surface area contributed by atoms with Crippen LogP contribution in [0.1, 0.15) is 22.6 Å². The summed E-state index contributed by atoms with van der Waals surface area (Å²) in [7, 11) is 1.89. The van der Waals surface area contributed by atoms with Gasteiger partial charge in [-0.25, -0.2) is 0 Å². The van der Waals surface area contributed by atoms with Crippen LogP contribution in [0.4, 0.5) is 11.4 Å². The fraction of sp³-hybridized carbons (Fsp3) is 0.278. The fourth-order valence-corrected chi connectivity index (χ4v) is 2.99. The minimum atomic E-state index is 0.529. The SMILES string of the molecule is Cc1nn(C)cc1NC(=S)Nc1c(C)nn(Cc2ccccc2)c1C. The Morgan fingerprint density at radius 1 is 1.04 bits per heavy atom. The number of nitrogens with one attached hydrogen (secondary N) is 2. The molecule has 2 N–H and O–H groups in total. The molecule has 0 aliphatic carbocycles. The van der Waals surface area contributed by atoms with Crippen LogP contribution >= 0.6 is 12.2 Å². The number of benzene rings is 1. The van der Waals surface area contributed by atoms with Gasteiger partial charge >= 0.3 is 0 Å². The molecule has 0 saturated heterocycles. The van der Waals surface area contributed by atoms with Gasteiger partial charge in [0.05, 0.1) is 35.0 Å². The zero-order chi connectivity index (χ0) is 18.0. The molecule has 0 aliphatic heterocycles. The van der Waals surface area contributed by atoms with Gasteiger partial charge in [-0.2, -0.15) is 10.2 Å². The lowest BCUT2D eigenvalue weighted by molar-refractivity contribution is 0.659. The first-order chi connectivity index (χ1) is 11.9. The van der Waals surface area contributed by atoms with Crippen LogP contribution in [0.5, 0.6) is 0 Å². The predicted octanol–water partition coefficient (Wildman–Crippen LogP) is 3.40. The van der Waals surface area contributed by atoms with E-state index >= 15 is 0 Å². The standard InChI is InChI=1S/C18H22N6S/c1-12-16(11-23(4)21-12)19-18(25)20-17-13(2)22-24(14(17)3)10-15-8-6-5-7-9-15/h5-9,11H,10H2,1-4H3,(H2,19,20,25). The summed E-state index contributed by atoms with van der Waals surface area (Å²) >= 11 is 5.45. The number of hydrogen-bond acceptors (Lipinski definition) is 3. The van der Waals surface area contributed by atoms with Crippen molar-refractivity contribution in [3.05, 3.63) is 59.2 Å². The molecule has 0 saturated carbocycles. The summed E-state index contributed by atoms with van der Waals surface area (Å²) in [4.78, 5) is 0. The quantitative estimate of drug-likeness (QED) is 0.703. The summed E-state index contributed by atoms with van der Waals surface area (Å²) in [5.41, 5.74) is 5.92. The van der Waals surface area contributed by atoms with Crippen LogP contribution < -0.4 is 10.6 Å². The summed E-state index contributed by atoms with van der Waals surface area (Å²) in [5, 5.41) is 15.9. The van der Waals surface area contributed by atoms with Gasteiger partial charge in [-0.3, -0.25) is 9.36 Å². The van der Waals surface area contributed by atoms with E-state index in [0.29, 0.717) is 5.11 Å². The maximum Gasteiger partial charge on any atom is 0.175 e. The largest absolute Gasteiger partial charge is 0.330 e. The molecule has 2 aromatic heterocycles. The lowest BCUT2D eigenvalue weighted by Crippen LogP contribution is -2.20. The maximum atomic E-state index is 5.45. The number of anilines is 2. The average Bonchev–Trinajstić information content (AvgIpc) is 3.01. The highest BCUT2D eigenvalue weighted by Gasteiger charge is 2.14. The Balaban J connectivity index is 1.74. The van der Waals surface area contributed by atoms with Crippen molar-refractivity contribution in [3.8, 4) is 0 Å². The van der Waals surface area contributed by atoms with Crippen molar-refractivity contribution in [3.63, 3.8) is 0 Å². The Labute approximate surface area is 152 Å². The van der Waals surface area contributed by atoms with Crippen LogP contribution in [0, 0.1) is 20.8 Å². The molecule has 3 aromatic rings. The van der Waals surface area contributed by atoms with Crippen molar-refractivity contribution in [2.45, 2.75) is 27.3 Å². The molecule has 3 rings (SSSR count). The van der Waals surface area contributed by atoms with E-state index in [-0.39, 0.29) is 0 Å². The molecule has 7 heteroatoms. The molecule has 1 aromatic carbocycles. The van der Waals surface area contributed by atoms with Crippen LogP contribution in [0.2, 0.25) is 0 Å². The van der Waals surface area contributed by atoms with Crippen LogP contribution in [-0.4, -0.2) is 24.7 Å². The second-order valence-electron chi connectivity index (χ2n) is 6.07. The second kappa shape index (κ2) is 7.06. The van der Waals surface area contributed by atoms with E-state index in [1.54, 1.807) is 4.68 Å². The van der Waals surface area contributed by atoms with Gasteiger partial charge < -0.3 is 10.6 Å². The van der Waals surface area contributed by atoms with Gasteiger partial charge in [-0.1, -0.05) is 30.3 Å². The molecule has 25 heavy (non-hydrogen) atoms. The van der Waals surface area contributed by atoms with Gasteiger partial charge in [0.25, 0.3) is 0 Å². The molecular formula is C18H22N6S. The highest BCUT2D eigenvalue weighted by Crippen LogP contribution is 2.21. The lowest BCUT2D eigenvalue weighted by atomic mass is 10.2. The molecule has 130 valence electrons. The van der Waals surface area contributed by atoms with Gasteiger partial charge in [0.2, 0.25) is 0 Å². The van der Waals surface area contributed by atoms with E-state index < -0.39 is 0 Å². The van der Waals surface area contributed by atoms with E-state index in [1.165, 1.54) is 5.56 Å². The Bertz CT molecular complexity index is 894. The average molecular weight is 354 g/mol. The normalized spacial score (nSPS) is 10.7. The van der Waals surface area contributed by atoms with E-state index in [4.69, 9.17) is 12.2 Å². The fourth-order valence-electron chi connectivity index (χ4n) is 2.78. The number of hydrogen-bond donors (Lipinski definition) is 2. The molecule has 0 fully saturated rings. The van der Waals surface area contributed by atoms with Crippen molar-refractivity contribution >= 4 is 28.7 Å². The monoisotopic (exact) mass is 354 g/mol. The molecular weight excluding hydrogens is 332 g/mol. The molecule has 2 heterocycles. The topological polar surface area (TPSA) is 59.7 Å². The molecule has 0 radical (unpaired) electrons. The molecule has 0 atom stereocenters. The van der Waals surface area contributed by atoms with Crippen molar-refractivity contribution in [2.24, 2.45) is 7.05 Å². The second-order valence-corrected chi connectivity index (χ2v) is 6.48. The van der Waals surface area contributed by atoms with Crippen molar-refractivity contribution in [1.82, 2.24) is 19.6 Å². The number of nitrogens with zero attached hydrogens (tertiary/aromatic N) is 4. The third-order valence-corrected chi connectivity index (χ3v) is 4.26. The number of thiocarbonyl (C=S) groups is 1. The third kappa shape index (κ3) is 3.88. The van der Waals surface area contributed by atoms with Crippen molar-refractivity contribution in [1.29, 1.82) is 0 Å². The first kappa shape index (κ1) is 17.2. The highest BCUT2D eigenvalue weighted by molar-refractivity contribution is 7.80. The third-order valence-electron chi connectivity index (χ3n) is 4.06. The summed E-state index contributed by atoms with van der Waals surface area (Å²) in [6.45, 7) is 6.70. The van der Waals surface area contributed by atoms with E-state index in [9.17, 15) is 0 Å². The van der Waals surface area contributed by atoms with Crippen LogP contribution in [-0.2, 0) is 13.6 Å². The summed E-state index contributed by atoms with van der Waals surface area (Å²) < 4.78 is 3.75. The molecule has 6 nitrogen and oxygen atoms in total. The van der Waals surface area contributed by atoms with Crippen LogP contribution in [0.3, 0.4) is 0 Å². The van der Waals surface area contributed by atoms with E-state index in [1.807, 2.05) is 56.9 Å². The lowest BCUT2D eigenvalue weighted by Gasteiger charge is -2.10. The first-order valence-electron chi connectivity index (χ1n) is 8.10. The van der Waals surface area contributed by atoms with Gasteiger partial charge in [0, 0.05) is 13.2 Å². The Morgan fingerprint density at radius 2 is 1.76 bits per heavy atom. The van der Waals surface area contributed by atoms with Gasteiger partial charge in [0.15, 0.2) is 5.11 Å². The first-order valence-corrected chi connectivity index (χ1v) is 8.51. The molecule has 0 amide bonds. The number of aryl methyl sites for hydroxylation is 3. The molecule has 0 aliphatic rings. The number of aromatic nitrogens is 4. The Morgan fingerprint density at radius 3 is 2.40 bits per heavy atom. The zero-order valence-electron chi connectivity index (χ0n) is 14.9. The molecule has 0 unspecified atom stereocenters. The van der Waals surface area contributed by atoms with E-state index in [0.717, 1.165) is 35.0 Å². The summed E-state index contributed by atoms with van der Waals surface area (Å²) in [6, 6.07) is 10.3. The minimum Gasteiger partial charge on any atom is -0.330 e. The highest BCUT2D eigenvalue weighted by atomic mass is 32.1. The summed E-state index contributed by atoms with van der Waals surface area (Å²) in [5.74, 6) is 0. The van der Waals surface area contributed by atoms with Crippen LogP contribution in [0.25, 0.3) is 0 Å². The maximum absolute atomic E-state index is 5.45. The summed E-state index contributed by atoms with van der Waals surface area (Å²) in [6.07, 6.45) is 1.90. The minimum absolute atomic E-state index is 0.529. The molecule has 0 spiro atoms. The Hall–Kier alpha value is -2.67. The zero-order valence-corrected chi connectivity index (χ0v) is 15.7. The van der Waals surface area contributed by atoms with Gasteiger partial charge in [-0.05, 0) is 38.6 Å². The van der Waals surface area contributed by atoms with Crippen molar-refractivity contribution < 1.29 is 0 Å². The van der Waals surface area contributed by atoms with Crippen LogP contribution in [0.15, 0.2) is 36.5 Å². The molecule has 0 bridgehead atoms. The predicted molar refractivity (Wildman–Crippen MR) is 105 cm³/mol. The Kier molecular flexibility index (Phi) is 4.85.